The molecule has 0 spiro atoms. The van der Waals surface area contributed by atoms with Gasteiger partial charge in [0.1, 0.15) is 12.2 Å². The van der Waals surface area contributed by atoms with Gasteiger partial charge in [0.15, 0.2) is 0 Å². The monoisotopic (exact) mass is 229 g/mol. The highest BCUT2D eigenvalue weighted by atomic mass is 15.2. The van der Waals surface area contributed by atoms with Gasteiger partial charge in [-0.2, -0.15) is 5.10 Å². The van der Waals surface area contributed by atoms with E-state index < -0.39 is 0 Å². The summed E-state index contributed by atoms with van der Waals surface area (Å²) < 4.78 is 0. The van der Waals surface area contributed by atoms with E-state index >= 15 is 0 Å². The second kappa shape index (κ2) is 4.18. The molecule has 0 saturated heterocycles. The number of rotatable bonds is 3. The molecule has 1 aliphatic heterocycles. The van der Waals surface area contributed by atoms with E-state index in [4.69, 9.17) is 5.73 Å². The summed E-state index contributed by atoms with van der Waals surface area (Å²) in [6.45, 7) is 2.97. The molecule has 0 bridgehead atoms. The molecule has 2 aromatic rings. The van der Waals surface area contributed by atoms with Crippen LogP contribution in [0.2, 0.25) is 0 Å². The fourth-order valence-electron chi connectivity index (χ4n) is 2.26. The predicted molar refractivity (Wildman–Crippen MR) is 65.1 cm³/mol. The number of benzene rings is 1. The summed E-state index contributed by atoms with van der Waals surface area (Å²) >= 11 is 0. The van der Waals surface area contributed by atoms with Crippen LogP contribution >= 0.6 is 0 Å². The number of aromatic nitrogens is 3. The molecular formula is C12H15N5. The van der Waals surface area contributed by atoms with Crippen LogP contribution in [0.4, 0.5) is 5.69 Å². The van der Waals surface area contributed by atoms with Gasteiger partial charge >= 0.3 is 0 Å². The van der Waals surface area contributed by atoms with Gasteiger partial charge < -0.3 is 5.73 Å². The number of fused-ring (bicyclic) bond motifs is 1. The summed E-state index contributed by atoms with van der Waals surface area (Å²) in [5, 5.41) is 6.73. The number of hydrogen-bond donors (Lipinski definition) is 2. The second-order valence-electron chi connectivity index (χ2n) is 4.42. The maximum absolute atomic E-state index is 5.79. The van der Waals surface area contributed by atoms with Gasteiger partial charge in [-0.1, -0.05) is 6.07 Å². The Hall–Kier alpha value is -1.88. The molecule has 0 amide bonds. The van der Waals surface area contributed by atoms with E-state index in [9.17, 15) is 0 Å². The minimum Gasteiger partial charge on any atom is -0.399 e. The predicted octanol–water partition coefficient (Wildman–Crippen LogP) is 0.945. The maximum atomic E-state index is 5.79. The molecule has 0 unspecified atom stereocenters. The highest BCUT2D eigenvalue weighted by molar-refractivity contribution is 5.46. The Morgan fingerprint density at radius 3 is 3.00 bits per heavy atom. The number of H-pyrrole nitrogens is 1. The van der Waals surface area contributed by atoms with Gasteiger partial charge in [-0.05, 0) is 23.3 Å². The van der Waals surface area contributed by atoms with Crippen LogP contribution in [-0.4, -0.2) is 26.6 Å². The normalized spacial score (nSPS) is 15.1. The van der Waals surface area contributed by atoms with Crippen molar-refractivity contribution in [1.29, 1.82) is 0 Å². The molecule has 5 heteroatoms. The van der Waals surface area contributed by atoms with Crippen molar-refractivity contribution in [3.05, 3.63) is 41.5 Å². The molecule has 0 aliphatic carbocycles. The van der Waals surface area contributed by atoms with Gasteiger partial charge in [-0.3, -0.25) is 10.00 Å². The molecular weight excluding hydrogens is 214 g/mol. The van der Waals surface area contributed by atoms with Crippen molar-refractivity contribution in [3.63, 3.8) is 0 Å². The number of nitrogens with two attached hydrogens (primary N) is 1. The zero-order valence-electron chi connectivity index (χ0n) is 9.56. The van der Waals surface area contributed by atoms with Gasteiger partial charge in [0.2, 0.25) is 0 Å². The first-order valence-electron chi connectivity index (χ1n) is 5.75. The highest BCUT2D eigenvalue weighted by Crippen LogP contribution is 2.24. The van der Waals surface area contributed by atoms with Crippen LogP contribution in [0.15, 0.2) is 24.5 Å². The third kappa shape index (κ3) is 2.14. The smallest absolute Gasteiger partial charge is 0.137 e. The number of aromatic amines is 1. The third-order valence-corrected chi connectivity index (χ3v) is 3.15. The van der Waals surface area contributed by atoms with Crippen LogP contribution in [0.25, 0.3) is 0 Å². The number of nitrogens with zero attached hydrogens (tertiary/aromatic N) is 3. The first kappa shape index (κ1) is 10.3. The van der Waals surface area contributed by atoms with Crippen molar-refractivity contribution in [2.24, 2.45) is 0 Å². The number of nitrogens with one attached hydrogen (secondary N) is 1. The van der Waals surface area contributed by atoms with Crippen LogP contribution in [-0.2, 0) is 19.5 Å². The van der Waals surface area contributed by atoms with Gasteiger partial charge in [-0.15, -0.1) is 0 Å². The van der Waals surface area contributed by atoms with E-state index in [2.05, 4.69) is 32.2 Å². The van der Waals surface area contributed by atoms with E-state index in [1.165, 1.54) is 11.1 Å². The van der Waals surface area contributed by atoms with Gasteiger partial charge in [0.25, 0.3) is 0 Å². The van der Waals surface area contributed by atoms with Gasteiger partial charge in [0.05, 0.1) is 0 Å². The Morgan fingerprint density at radius 2 is 2.18 bits per heavy atom. The molecule has 1 aliphatic rings. The summed E-state index contributed by atoms with van der Waals surface area (Å²) in [4.78, 5) is 6.52. The van der Waals surface area contributed by atoms with E-state index in [0.717, 1.165) is 37.6 Å². The van der Waals surface area contributed by atoms with E-state index in [-0.39, 0.29) is 0 Å². The number of anilines is 1. The molecule has 5 nitrogen and oxygen atoms in total. The lowest BCUT2D eigenvalue weighted by Crippen LogP contribution is -2.19. The molecule has 0 radical (unpaired) electrons. The Balaban J connectivity index is 1.62. The van der Waals surface area contributed by atoms with Crippen molar-refractivity contribution in [3.8, 4) is 0 Å². The summed E-state index contributed by atoms with van der Waals surface area (Å²) in [7, 11) is 0. The van der Waals surface area contributed by atoms with Crippen LogP contribution in [0.1, 0.15) is 17.0 Å². The summed E-state index contributed by atoms with van der Waals surface area (Å²) in [6.07, 6.45) is 2.46. The summed E-state index contributed by atoms with van der Waals surface area (Å²) in [5.74, 6) is 0.945. The fourth-order valence-corrected chi connectivity index (χ4v) is 2.26. The molecule has 1 aromatic heterocycles. The molecule has 88 valence electrons. The van der Waals surface area contributed by atoms with Crippen LogP contribution < -0.4 is 5.73 Å². The van der Waals surface area contributed by atoms with Gasteiger partial charge in [-0.25, -0.2) is 4.98 Å². The average Bonchev–Trinajstić information content (AvgIpc) is 2.94. The first-order chi connectivity index (χ1) is 8.31. The Bertz CT molecular complexity index is 506. The summed E-state index contributed by atoms with van der Waals surface area (Å²) in [6, 6.07) is 6.17. The second-order valence-corrected chi connectivity index (χ2v) is 4.42. The topological polar surface area (TPSA) is 70.8 Å². The Morgan fingerprint density at radius 1 is 1.29 bits per heavy atom. The zero-order chi connectivity index (χ0) is 11.7. The minimum atomic E-state index is 0.848. The van der Waals surface area contributed by atoms with Crippen LogP contribution in [0.3, 0.4) is 0 Å². The number of hydrogen-bond acceptors (Lipinski definition) is 4. The lowest BCUT2D eigenvalue weighted by molar-refractivity contribution is 0.286. The zero-order valence-corrected chi connectivity index (χ0v) is 9.56. The lowest BCUT2D eigenvalue weighted by atomic mass is 10.1. The number of nitrogen functional groups attached to an aromatic ring is 1. The van der Waals surface area contributed by atoms with Crippen molar-refractivity contribution >= 4 is 5.69 Å². The molecule has 3 rings (SSSR count). The van der Waals surface area contributed by atoms with Crippen molar-refractivity contribution in [2.45, 2.75) is 19.5 Å². The average molecular weight is 229 g/mol. The molecule has 2 heterocycles. The lowest BCUT2D eigenvalue weighted by Gasteiger charge is -2.12. The molecule has 0 fully saturated rings. The third-order valence-electron chi connectivity index (χ3n) is 3.15. The quantitative estimate of drug-likeness (QED) is 0.769. The fraction of sp³-hybridized carbons (Fsp3) is 0.333. The first-order valence-corrected chi connectivity index (χ1v) is 5.75. The summed E-state index contributed by atoms with van der Waals surface area (Å²) in [5.41, 5.74) is 9.37. The molecule has 0 atom stereocenters. The van der Waals surface area contributed by atoms with Crippen LogP contribution in [0, 0.1) is 0 Å². The van der Waals surface area contributed by atoms with E-state index in [0.29, 0.717) is 0 Å². The standard InChI is InChI=1S/C12H15N5/c13-11-2-1-9-6-17(7-10(9)5-11)4-3-12-14-8-15-16-12/h1-2,5,8H,3-4,6-7,13H2,(H,14,15,16). The minimum absolute atomic E-state index is 0.848. The maximum Gasteiger partial charge on any atom is 0.137 e. The Kier molecular flexibility index (Phi) is 2.53. The molecule has 0 saturated carbocycles. The van der Waals surface area contributed by atoms with Crippen LogP contribution in [0.5, 0.6) is 0 Å². The SMILES string of the molecule is Nc1ccc2c(c1)CN(CCc1ncn[nH]1)C2. The largest absolute Gasteiger partial charge is 0.399 e. The van der Waals surface area contributed by atoms with Crippen molar-refractivity contribution < 1.29 is 0 Å². The molecule has 1 aromatic carbocycles. The van der Waals surface area contributed by atoms with Gasteiger partial charge in [0, 0.05) is 31.7 Å². The molecule has 17 heavy (non-hydrogen) atoms. The van der Waals surface area contributed by atoms with Crippen molar-refractivity contribution in [1.82, 2.24) is 20.1 Å². The van der Waals surface area contributed by atoms with E-state index in [1.807, 2.05) is 6.07 Å². The van der Waals surface area contributed by atoms with E-state index in [1.54, 1.807) is 6.33 Å². The molecule has 3 N–H and O–H groups in total. The highest BCUT2D eigenvalue weighted by Gasteiger charge is 2.18. The van der Waals surface area contributed by atoms with Crippen molar-refractivity contribution in [2.75, 3.05) is 12.3 Å². The Labute approximate surface area is 99.7 Å².